The van der Waals surface area contributed by atoms with Crippen molar-refractivity contribution >= 4 is 23.3 Å². The van der Waals surface area contributed by atoms with E-state index in [2.05, 4.69) is 14.7 Å². The summed E-state index contributed by atoms with van der Waals surface area (Å²) >= 11 is 5.96. The molecule has 4 rings (SSSR count). The van der Waals surface area contributed by atoms with Crippen LogP contribution in [0.5, 0.6) is 11.6 Å². The third-order valence-corrected chi connectivity index (χ3v) is 5.17. The summed E-state index contributed by atoms with van der Waals surface area (Å²) in [5.74, 6) is 4.69. The van der Waals surface area contributed by atoms with Gasteiger partial charge < -0.3 is 20.2 Å². The van der Waals surface area contributed by atoms with Crippen molar-refractivity contribution in [2.75, 3.05) is 5.84 Å². The van der Waals surface area contributed by atoms with Crippen LogP contribution in [-0.2, 0) is 13.1 Å². The number of aromatic carboxylic acids is 1. The number of rotatable bonds is 7. The third kappa shape index (κ3) is 5.01. The van der Waals surface area contributed by atoms with Crippen LogP contribution in [0.2, 0.25) is 5.02 Å². The molecule has 2 aromatic carbocycles. The Morgan fingerprint density at radius 1 is 1.11 bits per heavy atom. The monoisotopic (exact) mass is 498 g/mol. The van der Waals surface area contributed by atoms with Gasteiger partial charge >= 0.3 is 17.3 Å². The number of carboxylic acids is 1. The van der Waals surface area contributed by atoms with Gasteiger partial charge in [-0.3, -0.25) is 4.57 Å². The molecule has 0 amide bonds. The third-order valence-electron chi connectivity index (χ3n) is 4.91. The summed E-state index contributed by atoms with van der Waals surface area (Å²) in [4.78, 5) is 41.0. The summed E-state index contributed by atoms with van der Waals surface area (Å²) in [7, 11) is 0. The summed E-state index contributed by atoms with van der Waals surface area (Å²) in [6, 6.07) is 14.3. The number of hydrogen-bond donors (Lipinski definition) is 2. The maximum Gasteiger partial charge on any atom is 0.374 e. The fourth-order valence-electron chi connectivity index (χ4n) is 3.19. The lowest BCUT2D eigenvalue weighted by Crippen LogP contribution is -2.57. The number of halogens is 1. The zero-order chi connectivity index (χ0) is 25.1. The molecule has 0 bridgehead atoms. The van der Waals surface area contributed by atoms with Crippen molar-refractivity contribution in [1.82, 2.24) is 19.0 Å². The lowest BCUT2D eigenvalue weighted by atomic mass is 10.2. The molecule has 4 aromatic rings. The number of carbonyl (C=O) groups is 1. The van der Waals surface area contributed by atoms with Crippen molar-refractivity contribution in [1.29, 1.82) is 0 Å². The molecule has 180 valence electrons. The fourth-order valence-corrected chi connectivity index (χ4v) is 3.31. The van der Waals surface area contributed by atoms with Crippen molar-refractivity contribution in [3.05, 3.63) is 97.5 Å². The van der Waals surface area contributed by atoms with Gasteiger partial charge in [0.15, 0.2) is 0 Å². The van der Waals surface area contributed by atoms with E-state index >= 15 is 0 Å². The zero-order valence-corrected chi connectivity index (χ0v) is 19.0. The molecule has 0 saturated heterocycles. The Labute approximate surface area is 201 Å². The summed E-state index contributed by atoms with van der Waals surface area (Å²) in [5.41, 5.74) is -0.194. The van der Waals surface area contributed by atoms with Gasteiger partial charge in [0.2, 0.25) is 11.4 Å². The minimum absolute atomic E-state index is 0.0353. The lowest BCUT2D eigenvalue weighted by molar-refractivity contribution is 0.0652. The van der Waals surface area contributed by atoms with Gasteiger partial charge in [0, 0.05) is 11.6 Å². The molecule has 0 atom stereocenters. The fraction of sp³-hybridized carbons (Fsp3) is 0.136. The summed E-state index contributed by atoms with van der Waals surface area (Å²) in [6.07, 6.45) is 0. The van der Waals surface area contributed by atoms with Crippen LogP contribution in [0, 0.1) is 0 Å². The highest BCUT2D eigenvalue weighted by atomic mass is 35.5. The van der Waals surface area contributed by atoms with Gasteiger partial charge in [0.25, 0.3) is 5.88 Å². The van der Waals surface area contributed by atoms with E-state index in [1.54, 1.807) is 55.5 Å². The Kier molecular flexibility index (Phi) is 6.55. The van der Waals surface area contributed by atoms with E-state index in [-0.39, 0.29) is 30.3 Å². The van der Waals surface area contributed by atoms with Crippen LogP contribution in [-0.4, -0.2) is 30.0 Å². The van der Waals surface area contributed by atoms with E-state index in [1.165, 1.54) is 4.57 Å². The van der Waals surface area contributed by atoms with Crippen LogP contribution in [0.1, 0.15) is 23.0 Å². The second-order valence-electron chi connectivity index (χ2n) is 7.23. The predicted molar refractivity (Wildman–Crippen MR) is 125 cm³/mol. The second kappa shape index (κ2) is 9.73. The summed E-state index contributed by atoms with van der Waals surface area (Å²) < 4.78 is 13.2. The van der Waals surface area contributed by atoms with Gasteiger partial charge in [0.05, 0.1) is 18.3 Å². The van der Waals surface area contributed by atoms with E-state index < -0.39 is 17.3 Å². The first kappa shape index (κ1) is 23.6. The molecule has 2 aromatic heterocycles. The highest BCUT2D eigenvalue weighted by molar-refractivity contribution is 6.30. The maximum absolute atomic E-state index is 13.1. The Hall–Kier alpha value is -4.58. The first-order valence-electron chi connectivity index (χ1n) is 10.3. The highest BCUT2D eigenvalue weighted by Gasteiger charge is 2.14. The molecule has 0 spiro atoms. The molecule has 13 heteroatoms. The molecular weight excluding hydrogens is 480 g/mol. The normalized spacial score (nSPS) is 11.5. The molecule has 3 N–H and O–H groups in total. The van der Waals surface area contributed by atoms with Crippen LogP contribution in [0.3, 0.4) is 0 Å². The number of hydrogen-bond acceptors (Lipinski definition) is 8. The maximum atomic E-state index is 13.1. The molecule has 0 saturated carbocycles. The molecule has 0 fully saturated rings. The molecule has 2 heterocycles. The van der Waals surface area contributed by atoms with Gasteiger partial charge in [-0.2, -0.15) is 4.68 Å². The standard InChI is InChI=1S/C22H19ClN6O6/c1-2-27-21(32)28(12-13-3-5-14(23)6-4-13)20(29(24)22(27)33)25-15-7-9-16(10-8-15)34-18-11-17(19(30)31)35-26-18/h3-11H,2,12,24H2,1H3,(H,30,31)/b25-20-. The zero-order valence-electron chi connectivity index (χ0n) is 18.3. The van der Waals surface area contributed by atoms with Gasteiger partial charge in [-0.1, -0.05) is 23.7 Å². The molecule has 0 aliphatic heterocycles. The van der Waals surface area contributed by atoms with Crippen LogP contribution in [0.15, 0.2) is 73.7 Å². The number of nitrogen functional groups attached to an aromatic ring is 1. The number of nitrogens with two attached hydrogens (primary N) is 1. The summed E-state index contributed by atoms with van der Waals surface area (Å²) in [5, 5.41) is 13.0. The van der Waals surface area contributed by atoms with Crippen molar-refractivity contribution in [2.24, 2.45) is 4.99 Å². The lowest BCUT2D eigenvalue weighted by Gasteiger charge is -2.13. The molecule has 35 heavy (non-hydrogen) atoms. The van der Waals surface area contributed by atoms with Crippen LogP contribution in [0.25, 0.3) is 0 Å². The highest BCUT2D eigenvalue weighted by Crippen LogP contribution is 2.23. The SMILES string of the molecule is CCn1c(=O)n(N)/c(=N\c2ccc(Oc3cc(C(=O)O)on3)cc2)n(Cc2ccc(Cl)cc2)c1=O. The largest absolute Gasteiger partial charge is 0.475 e. The molecule has 0 aliphatic carbocycles. The number of nitrogens with zero attached hydrogens (tertiary/aromatic N) is 5. The molecule has 12 nitrogen and oxygen atoms in total. The average molecular weight is 499 g/mol. The van der Waals surface area contributed by atoms with E-state index in [4.69, 9.17) is 27.3 Å². The van der Waals surface area contributed by atoms with E-state index in [0.29, 0.717) is 16.5 Å². The Morgan fingerprint density at radius 2 is 1.80 bits per heavy atom. The van der Waals surface area contributed by atoms with Gasteiger partial charge in [-0.15, -0.1) is 0 Å². The van der Waals surface area contributed by atoms with Crippen molar-refractivity contribution in [3.63, 3.8) is 0 Å². The van der Waals surface area contributed by atoms with Gasteiger partial charge in [-0.05, 0) is 54.0 Å². The van der Waals surface area contributed by atoms with Gasteiger partial charge in [0.1, 0.15) is 5.75 Å². The smallest absolute Gasteiger partial charge is 0.374 e. The predicted octanol–water partition coefficient (Wildman–Crippen LogP) is 1.96. The van der Waals surface area contributed by atoms with Crippen molar-refractivity contribution < 1.29 is 19.2 Å². The number of carboxylic acid groups (broad SMARTS) is 1. The Bertz CT molecular complexity index is 1560. The van der Waals surface area contributed by atoms with Crippen molar-refractivity contribution in [2.45, 2.75) is 20.0 Å². The van der Waals surface area contributed by atoms with Crippen LogP contribution in [0.4, 0.5) is 5.69 Å². The molecule has 0 unspecified atom stereocenters. The number of aromatic nitrogens is 4. The Morgan fingerprint density at radius 3 is 2.40 bits per heavy atom. The quantitative estimate of drug-likeness (QED) is 0.365. The van der Waals surface area contributed by atoms with Gasteiger partial charge in [-0.25, -0.2) is 23.9 Å². The first-order chi connectivity index (χ1) is 16.8. The topological polar surface area (TPSA) is 160 Å². The Balaban J connectivity index is 1.73. The molecular formula is C22H19ClN6O6. The van der Waals surface area contributed by atoms with Crippen LogP contribution < -0.4 is 27.6 Å². The summed E-state index contributed by atoms with van der Waals surface area (Å²) in [6.45, 7) is 1.90. The van der Waals surface area contributed by atoms with E-state index in [9.17, 15) is 14.4 Å². The number of ether oxygens (including phenoxy) is 1. The first-order valence-corrected chi connectivity index (χ1v) is 10.6. The molecule has 0 aliphatic rings. The van der Waals surface area contributed by atoms with Crippen molar-refractivity contribution in [3.8, 4) is 11.6 Å². The molecule has 0 radical (unpaired) electrons. The minimum atomic E-state index is -1.27. The van der Waals surface area contributed by atoms with Crippen LogP contribution >= 0.6 is 11.6 Å². The minimum Gasteiger partial charge on any atom is -0.475 e. The number of benzene rings is 2. The average Bonchev–Trinajstić information content (AvgIpc) is 3.31. The van der Waals surface area contributed by atoms with E-state index in [0.717, 1.165) is 20.9 Å². The van der Waals surface area contributed by atoms with E-state index in [1.807, 2.05) is 0 Å². The second-order valence-corrected chi connectivity index (χ2v) is 7.67.